The molecule has 0 spiro atoms. The number of nitrogens with zero attached hydrogens (tertiary/aromatic N) is 2. The Hall–Kier alpha value is -0.0900. The maximum atomic E-state index is 4.54. The number of hydrogen-bond donors (Lipinski definition) is 0. The molecule has 1 heterocycles. The van der Waals surface area contributed by atoms with Gasteiger partial charge in [0.15, 0.2) is 5.13 Å². The lowest BCUT2D eigenvalue weighted by Gasteiger charge is -2.16. The third kappa shape index (κ3) is 2.48. The molecule has 14 heavy (non-hydrogen) atoms. The molecule has 0 fully saturated rings. The molecule has 2 nitrogen and oxygen atoms in total. The van der Waals surface area contributed by atoms with Gasteiger partial charge in [-0.2, -0.15) is 0 Å². The lowest BCUT2D eigenvalue weighted by molar-refractivity contribution is 0.855. The third-order valence-corrected chi connectivity index (χ3v) is 4.44. The van der Waals surface area contributed by atoms with Crippen molar-refractivity contribution in [2.24, 2.45) is 0 Å². The van der Waals surface area contributed by atoms with Crippen molar-refractivity contribution in [3.63, 3.8) is 0 Å². The predicted molar refractivity (Wildman–Crippen MR) is 67.5 cm³/mol. The van der Waals surface area contributed by atoms with Gasteiger partial charge in [0, 0.05) is 18.0 Å². The van der Waals surface area contributed by atoms with Gasteiger partial charge in [0.25, 0.3) is 0 Å². The zero-order valence-corrected chi connectivity index (χ0v) is 11.6. The highest BCUT2D eigenvalue weighted by atomic mass is 79.9. The first-order valence-electron chi connectivity index (χ1n) is 5.01. The van der Waals surface area contributed by atoms with E-state index in [9.17, 15) is 0 Å². The van der Waals surface area contributed by atoms with Crippen LogP contribution in [0.1, 0.15) is 38.5 Å². The fraction of sp³-hybridized carbons (Fsp3) is 0.700. The molecule has 0 radical (unpaired) electrons. The van der Waals surface area contributed by atoms with Crippen molar-refractivity contribution >= 4 is 32.4 Å². The van der Waals surface area contributed by atoms with Crippen LogP contribution in [0.3, 0.4) is 0 Å². The van der Waals surface area contributed by atoms with Crippen LogP contribution in [0.5, 0.6) is 0 Å². The Kier molecular flexibility index (Phi) is 4.38. The zero-order valence-electron chi connectivity index (χ0n) is 9.17. The minimum Gasteiger partial charge on any atom is -0.349 e. The molecule has 0 aromatic carbocycles. The van der Waals surface area contributed by atoms with Gasteiger partial charge in [-0.25, -0.2) is 4.98 Å². The second-order valence-electron chi connectivity index (χ2n) is 3.48. The highest BCUT2D eigenvalue weighted by Gasteiger charge is 2.14. The van der Waals surface area contributed by atoms with Gasteiger partial charge in [-0.3, -0.25) is 0 Å². The van der Waals surface area contributed by atoms with Crippen LogP contribution in [0.4, 0.5) is 5.13 Å². The molecule has 1 aromatic rings. The normalized spacial score (nSPS) is 11.0. The first kappa shape index (κ1) is 12.0. The van der Waals surface area contributed by atoms with E-state index in [1.165, 1.54) is 4.88 Å². The second kappa shape index (κ2) is 5.12. The average molecular weight is 277 g/mol. The number of rotatable bonds is 4. The molecule has 0 bridgehead atoms. The summed E-state index contributed by atoms with van der Waals surface area (Å²) in [7, 11) is 0. The monoisotopic (exact) mass is 276 g/mol. The van der Waals surface area contributed by atoms with Crippen LogP contribution in [0.2, 0.25) is 0 Å². The minimum absolute atomic E-state index is 0.547. The summed E-state index contributed by atoms with van der Waals surface area (Å²) in [6, 6.07) is 0. The van der Waals surface area contributed by atoms with Crippen molar-refractivity contribution in [2.75, 3.05) is 18.0 Å². The van der Waals surface area contributed by atoms with Crippen LogP contribution in [0, 0.1) is 0 Å². The Morgan fingerprint density at radius 1 is 1.36 bits per heavy atom. The Labute approximate surface area is 98.5 Å². The topological polar surface area (TPSA) is 16.1 Å². The first-order valence-corrected chi connectivity index (χ1v) is 6.62. The van der Waals surface area contributed by atoms with Gasteiger partial charge < -0.3 is 4.90 Å². The van der Waals surface area contributed by atoms with Crippen LogP contribution in [0.15, 0.2) is 4.60 Å². The second-order valence-corrected chi connectivity index (χ2v) is 5.24. The number of anilines is 1. The van der Waals surface area contributed by atoms with Crippen LogP contribution < -0.4 is 4.90 Å². The van der Waals surface area contributed by atoms with Crippen molar-refractivity contribution in [3.8, 4) is 0 Å². The molecule has 0 N–H and O–H groups in total. The van der Waals surface area contributed by atoms with Gasteiger partial charge in [0.1, 0.15) is 4.60 Å². The van der Waals surface area contributed by atoms with Gasteiger partial charge in [0.2, 0.25) is 0 Å². The van der Waals surface area contributed by atoms with Crippen molar-refractivity contribution in [1.29, 1.82) is 0 Å². The number of halogens is 1. The standard InChI is InChI=1S/C10H17BrN2S/c1-5-13(6-2)10-12-9(11)8(14-10)7(3)4/h7H,5-6H2,1-4H3. The highest BCUT2D eigenvalue weighted by molar-refractivity contribution is 9.10. The Bertz CT molecular complexity index is 292. The summed E-state index contributed by atoms with van der Waals surface area (Å²) in [6.07, 6.45) is 0. The molecule has 4 heteroatoms. The third-order valence-electron chi connectivity index (χ3n) is 2.16. The van der Waals surface area contributed by atoms with Crippen molar-refractivity contribution in [3.05, 3.63) is 9.48 Å². The summed E-state index contributed by atoms with van der Waals surface area (Å²) in [4.78, 5) is 8.15. The molecule has 80 valence electrons. The summed E-state index contributed by atoms with van der Waals surface area (Å²) in [5.41, 5.74) is 0. The summed E-state index contributed by atoms with van der Waals surface area (Å²) in [5, 5.41) is 1.13. The lowest BCUT2D eigenvalue weighted by Crippen LogP contribution is -2.21. The quantitative estimate of drug-likeness (QED) is 0.830. The zero-order chi connectivity index (χ0) is 10.7. The van der Waals surface area contributed by atoms with E-state index in [0.29, 0.717) is 5.92 Å². The van der Waals surface area contributed by atoms with E-state index in [4.69, 9.17) is 0 Å². The molecule has 0 saturated carbocycles. The molecule has 0 unspecified atom stereocenters. The van der Waals surface area contributed by atoms with Crippen LogP contribution in [-0.4, -0.2) is 18.1 Å². The van der Waals surface area contributed by atoms with Crippen molar-refractivity contribution in [2.45, 2.75) is 33.6 Å². The molecule has 0 aliphatic rings. The van der Waals surface area contributed by atoms with Gasteiger partial charge in [0.05, 0.1) is 0 Å². The van der Waals surface area contributed by atoms with E-state index in [2.05, 4.69) is 53.5 Å². The summed E-state index contributed by atoms with van der Waals surface area (Å²) >= 11 is 5.31. The van der Waals surface area contributed by atoms with Crippen LogP contribution in [-0.2, 0) is 0 Å². The van der Waals surface area contributed by atoms with E-state index < -0.39 is 0 Å². The SMILES string of the molecule is CCN(CC)c1nc(Br)c(C(C)C)s1. The van der Waals surface area contributed by atoms with Gasteiger partial charge >= 0.3 is 0 Å². The van der Waals surface area contributed by atoms with Gasteiger partial charge in [-0.1, -0.05) is 13.8 Å². The summed E-state index contributed by atoms with van der Waals surface area (Å²) in [5.74, 6) is 0.547. The number of thiazole rings is 1. The first-order chi connectivity index (χ1) is 6.60. The Morgan fingerprint density at radius 3 is 2.29 bits per heavy atom. The molecule has 0 atom stereocenters. The lowest BCUT2D eigenvalue weighted by atomic mass is 10.2. The average Bonchev–Trinajstić information content (AvgIpc) is 2.50. The number of hydrogen-bond acceptors (Lipinski definition) is 3. The van der Waals surface area contributed by atoms with Crippen LogP contribution in [0.25, 0.3) is 0 Å². The van der Waals surface area contributed by atoms with E-state index in [1.54, 1.807) is 11.3 Å². The van der Waals surface area contributed by atoms with E-state index in [1.807, 2.05) is 0 Å². The molecule has 0 saturated heterocycles. The van der Waals surface area contributed by atoms with Gasteiger partial charge in [-0.05, 0) is 35.7 Å². The van der Waals surface area contributed by atoms with Gasteiger partial charge in [-0.15, -0.1) is 11.3 Å². The summed E-state index contributed by atoms with van der Waals surface area (Å²) in [6.45, 7) is 10.8. The smallest absolute Gasteiger partial charge is 0.186 e. The summed E-state index contributed by atoms with van der Waals surface area (Å²) < 4.78 is 1.01. The van der Waals surface area contributed by atoms with E-state index in [0.717, 1.165) is 22.8 Å². The predicted octanol–water partition coefficient (Wildman–Crippen LogP) is 3.88. The molecule has 0 aliphatic heterocycles. The maximum absolute atomic E-state index is 4.54. The fourth-order valence-electron chi connectivity index (χ4n) is 1.29. The van der Waals surface area contributed by atoms with E-state index >= 15 is 0 Å². The maximum Gasteiger partial charge on any atom is 0.186 e. The molecule has 1 aromatic heterocycles. The van der Waals surface area contributed by atoms with Crippen LogP contribution >= 0.6 is 27.3 Å². The molecular weight excluding hydrogens is 260 g/mol. The van der Waals surface area contributed by atoms with Crippen molar-refractivity contribution < 1.29 is 0 Å². The Balaban J connectivity index is 2.95. The largest absolute Gasteiger partial charge is 0.349 e. The molecular formula is C10H17BrN2S. The Morgan fingerprint density at radius 2 is 1.93 bits per heavy atom. The fourth-order valence-corrected chi connectivity index (χ4v) is 3.36. The molecule has 0 amide bonds. The van der Waals surface area contributed by atoms with Crippen molar-refractivity contribution in [1.82, 2.24) is 4.98 Å². The molecule has 1 rings (SSSR count). The highest BCUT2D eigenvalue weighted by Crippen LogP contribution is 2.34. The number of aromatic nitrogens is 1. The molecule has 0 aliphatic carbocycles. The minimum atomic E-state index is 0.547. The van der Waals surface area contributed by atoms with E-state index in [-0.39, 0.29) is 0 Å².